The smallest absolute Gasteiger partial charge is 0.419 e. The molecule has 0 fully saturated rings. The number of aryl methyl sites for hydroxylation is 1. The second-order valence-corrected chi connectivity index (χ2v) is 9.92. The van der Waals surface area contributed by atoms with E-state index in [4.69, 9.17) is 4.74 Å². The molecule has 0 saturated carbocycles. The molecule has 7 nitrogen and oxygen atoms in total. The first-order valence-corrected chi connectivity index (χ1v) is 11.7. The molecule has 3 aromatic rings. The van der Waals surface area contributed by atoms with Crippen LogP contribution in [-0.4, -0.2) is 39.3 Å². The predicted molar refractivity (Wildman–Crippen MR) is 129 cm³/mol. The topological polar surface area (TPSA) is 97.6 Å². The Morgan fingerprint density at radius 3 is 2.54 bits per heavy atom. The molecule has 2 heterocycles. The Labute approximate surface area is 202 Å². The molecule has 2 aromatic carbocycles. The number of aromatic nitrogens is 1. The molecular formula is C27H29FN2O5. The van der Waals surface area contributed by atoms with E-state index in [-0.39, 0.29) is 12.8 Å². The van der Waals surface area contributed by atoms with E-state index in [0.717, 1.165) is 10.9 Å². The molecular weight excluding hydrogens is 451 g/mol. The first kappa shape index (κ1) is 24.4. The van der Waals surface area contributed by atoms with Gasteiger partial charge < -0.3 is 15.2 Å². The highest BCUT2D eigenvalue weighted by Gasteiger charge is 2.28. The number of fused-ring (bicyclic) bond motifs is 5. The van der Waals surface area contributed by atoms with Gasteiger partial charge in [0, 0.05) is 17.5 Å². The number of benzene rings is 2. The van der Waals surface area contributed by atoms with Crippen molar-refractivity contribution in [3.8, 4) is 0 Å². The maximum atomic E-state index is 14.3. The number of aliphatic carboxylic acids is 1. The van der Waals surface area contributed by atoms with Crippen molar-refractivity contribution in [2.75, 3.05) is 0 Å². The highest BCUT2D eigenvalue weighted by Crippen LogP contribution is 2.30. The largest absolute Gasteiger partial charge is 0.480 e. The van der Waals surface area contributed by atoms with Crippen LogP contribution in [0.3, 0.4) is 0 Å². The highest BCUT2D eigenvalue weighted by molar-refractivity contribution is 5.97. The third-order valence-corrected chi connectivity index (χ3v) is 5.97. The van der Waals surface area contributed by atoms with Crippen molar-refractivity contribution in [1.29, 1.82) is 0 Å². The van der Waals surface area contributed by atoms with Crippen LogP contribution in [0.1, 0.15) is 49.6 Å². The minimum atomic E-state index is -1.21. The van der Waals surface area contributed by atoms with E-state index < -0.39 is 35.4 Å². The zero-order valence-corrected chi connectivity index (χ0v) is 20.1. The molecule has 0 aliphatic carbocycles. The molecule has 4 rings (SSSR count). The third-order valence-electron chi connectivity index (χ3n) is 5.97. The van der Waals surface area contributed by atoms with E-state index in [1.165, 1.54) is 16.7 Å². The van der Waals surface area contributed by atoms with Crippen LogP contribution in [0.4, 0.5) is 9.18 Å². The number of hydrogen-bond donors (Lipinski definition) is 2. The first-order chi connectivity index (χ1) is 16.5. The van der Waals surface area contributed by atoms with E-state index in [1.54, 1.807) is 32.9 Å². The maximum Gasteiger partial charge on any atom is 0.419 e. The van der Waals surface area contributed by atoms with Crippen LogP contribution in [0.5, 0.6) is 0 Å². The summed E-state index contributed by atoms with van der Waals surface area (Å²) in [5, 5.41) is 13.0. The van der Waals surface area contributed by atoms with E-state index in [1.807, 2.05) is 18.2 Å². The Bertz CT molecular complexity index is 1300. The summed E-state index contributed by atoms with van der Waals surface area (Å²) in [7, 11) is 0. The number of halogens is 1. The van der Waals surface area contributed by atoms with Gasteiger partial charge in [-0.3, -0.25) is 4.79 Å². The quantitative estimate of drug-likeness (QED) is 0.538. The molecule has 0 radical (unpaired) electrons. The SMILES string of the molecule is CC(C)(C)OC(=O)n1c2c(c3ccccc31)CC(=O)NC(C(=O)O)Cc1cc(F)cc(c1)CCC2. The number of carbonyl (C=O) groups is 3. The van der Waals surface area contributed by atoms with Gasteiger partial charge in [-0.2, -0.15) is 0 Å². The lowest BCUT2D eigenvalue weighted by atomic mass is 9.99. The number of rotatable bonds is 1. The number of nitrogens with zero attached hydrogens (tertiary/aromatic N) is 1. The van der Waals surface area contributed by atoms with Gasteiger partial charge >= 0.3 is 12.1 Å². The summed E-state index contributed by atoms with van der Waals surface area (Å²) >= 11 is 0. The van der Waals surface area contributed by atoms with Crippen LogP contribution >= 0.6 is 0 Å². The van der Waals surface area contributed by atoms with Gasteiger partial charge in [0.05, 0.1) is 11.9 Å². The molecule has 8 heteroatoms. The Morgan fingerprint density at radius 2 is 1.83 bits per heavy atom. The van der Waals surface area contributed by atoms with Crippen molar-refractivity contribution in [2.45, 2.75) is 64.5 Å². The molecule has 1 aromatic heterocycles. The molecule has 1 atom stereocenters. The van der Waals surface area contributed by atoms with Gasteiger partial charge in [0.25, 0.3) is 0 Å². The van der Waals surface area contributed by atoms with Gasteiger partial charge in [-0.05, 0) is 74.9 Å². The number of amides is 1. The minimum absolute atomic E-state index is 0.0294. The number of carbonyl (C=O) groups excluding carboxylic acids is 2. The van der Waals surface area contributed by atoms with Crippen LogP contribution in [-0.2, 0) is 40.0 Å². The Morgan fingerprint density at radius 1 is 1.11 bits per heavy atom. The van der Waals surface area contributed by atoms with Gasteiger partial charge in [0.2, 0.25) is 5.91 Å². The molecule has 2 bridgehead atoms. The van der Waals surface area contributed by atoms with E-state index >= 15 is 0 Å². The molecule has 0 spiro atoms. The fourth-order valence-corrected chi connectivity index (χ4v) is 4.62. The number of hydrogen-bond acceptors (Lipinski definition) is 4. The molecule has 1 unspecified atom stereocenters. The normalized spacial score (nSPS) is 16.9. The van der Waals surface area contributed by atoms with Gasteiger partial charge in [-0.25, -0.2) is 18.5 Å². The zero-order valence-electron chi connectivity index (χ0n) is 20.1. The van der Waals surface area contributed by atoms with E-state index in [2.05, 4.69) is 5.32 Å². The molecule has 1 amide bonds. The van der Waals surface area contributed by atoms with Crippen LogP contribution in [0.15, 0.2) is 42.5 Å². The molecule has 1 aliphatic heterocycles. The van der Waals surface area contributed by atoms with Gasteiger partial charge in [0.15, 0.2) is 0 Å². The van der Waals surface area contributed by atoms with Crippen molar-refractivity contribution in [3.05, 3.63) is 70.7 Å². The summed E-state index contributed by atoms with van der Waals surface area (Å²) in [5.41, 5.74) is 2.44. The maximum absolute atomic E-state index is 14.3. The Hall–Kier alpha value is -3.68. The summed E-state index contributed by atoms with van der Waals surface area (Å²) in [4.78, 5) is 38.2. The summed E-state index contributed by atoms with van der Waals surface area (Å²) in [6, 6.07) is 10.6. The number of nitrogens with one attached hydrogen (secondary N) is 1. The van der Waals surface area contributed by atoms with Crippen LogP contribution in [0.2, 0.25) is 0 Å². The predicted octanol–water partition coefficient (Wildman–Crippen LogP) is 4.41. The van der Waals surface area contributed by atoms with Gasteiger partial charge in [-0.15, -0.1) is 0 Å². The summed E-state index contributed by atoms with van der Waals surface area (Å²) in [5.74, 6) is -2.14. The van der Waals surface area contributed by atoms with Crippen molar-refractivity contribution in [2.24, 2.45) is 0 Å². The fraction of sp³-hybridized carbons (Fsp3) is 0.370. The molecule has 184 valence electrons. The van der Waals surface area contributed by atoms with Crippen molar-refractivity contribution in [3.63, 3.8) is 0 Å². The van der Waals surface area contributed by atoms with Gasteiger partial charge in [0.1, 0.15) is 17.5 Å². The number of carboxylic acids is 1. The number of carboxylic acid groups (broad SMARTS) is 1. The number of para-hydroxylation sites is 1. The van der Waals surface area contributed by atoms with Crippen LogP contribution < -0.4 is 5.32 Å². The molecule has 0 saturated heterocycles. The average Bonchev–Trinajstić information content (AvgIpc) is 3.04. The Balaban J connectivity index is 1.84. The summed E-state index contributed by atoms with van der Waals surface area (Å²) in [6.45, 7) is 5.36. The fourth-order valence-electron chi connectivity index (χ4n) is 4.62. The first-order valence-electron chi connectivity index (χ1n) is 11.7. The molecule has 2 N–H and O–H groups in total. The standard InChI is InChI=1S/C27H29FN2O5/c1-27(2,3)35-26(34)30-22-9-5-4-8-19(22)20-15-24(31)29-21(25(32)33)14-17-11-16(12-18(28)13-17)7-6-10-23(20)30/h4-5,8-9,11-13,21H,6-7,10,14-15H2,1-3H3,(H,29,31)(H,32,33). The van der Waals surface area contributed by atoms with E-state index in [0.29, 0.717) is 41.6 Å². The average molecular weight is 481 g/mol. The molecule has 35 heavy (non-hydrogen) atoms. The monoisotopic (exact) mass is 480 g/mol. The minimum Gasteiger partial charge on any atom is -0.480 e. The van der Waals surface area contributed by atoms with Crippen molar-refractivity contribution < 1.29 is 28.6 Å². The molecule has 1 aliphatic rings. The third kappa shape index (κ3) is 5.53. The Kier molecular flexibility index (Phi) is 6.65. The van der Waals surface area contributed by atoms with E-state index in [9.17, 15) is 23.9 Å². The van der Waals surface area contributed by atoms with Crippen LogP contribution in [0.25, 0.3) is 10.9 Å². The van der Waals surface area contributed by atoms with Crippen molar-refractivity contribution in [1.82, 2.24) is 9.88 Å². The second-order valence-electron chi connectivity index (χ2n) is 9.92. The zero-order chi connectivity index (χ0) is 25.3. The highest BCUT2D eigenvalue weighted by atomic mass is 19.1. The lowest BCUT2D eigenvalue weighted by Gasteiger charge is -2.21. The lowest BCUT2D eigenvalue weighted by molar-refractivity contribution is -0.141. The second kappa shape index (κ2) is 9.52. The number of ether oxygens (including phenoxy) is 1. The summed E-state index contributed by atoms with van der Waals surface area (Å²) in [6.07, 6.45) is 0.902. The van der Waals surface area contributed by atoms with Crippen molar-refractivity contribution >= 4 is 28.9 Å². The van der Waals surface area contributed by atoms with Gasteiger partial charge in [-0.1, -0.05) is 24.3 Å². The lowest BCUT2D eigenvalue weighted by Crippen LogP contribution is -2.43. The summed E-state index contributed by atoms with van der Waals surface area (Å²) < 4.78 is 21.4. The van der Waals surface area contributed by atoms with Crippen LogP contribution in [0, 0.1) is 5.82 Å².